The molecule has 94 valence electrons. The van der Waals surface area contributed by atoms with Crippen LogP contribution in [-0.4, -0.2) is 10.1 Å². The molecule has 2 heterocycles. The van der Waals surface area contributed by atoms with Crippen molar-refractivity contribution in [3.63, 3.8) is 0 Å². The van der Waals surface area contributed by atoms with Gasteiger partial charge in [0.2, 0.25) is 0 Å². The second-order valence-corrected chi connectivity index (χ2v) is 6.42. The van der Waals surface area contributed by atoms with E-state index in [0.29, 0.717) is 11.8 Å². The number of nitrogens with two attached hydrogens (primary N) is 1. The van der Waals surface area contributed by atoms with Crippen molar-refractivity contribution < 1.29 is 4.52 Å². The molecule has 4 nitrogen and oxygen atoms in total. The number of nitrogen functional groups attached to an aromatic ring is 1. The second-order valence-electron chi connectivity index (χ2n) is 5.34. The first-order valence-electron chi connectivity index (χ1n) is 6.46. The van der Waals surface area contributed by atoms with Crippen LogP contribution >= 0.6 is 11.3 Å². The van der Waals surface area contributed by atoms with Crippen molar-refractivity contribution in [2.24, 2.45) is 0 Å². The van der Waals surface area contributed by atoms with E-state index in [9.17, 15) is 0 Å². The van der Waals surface area contributed by atoms with Crippen LogP contribution in [-0.2, 0) is 0 Å². The maximum atomic E-state index is 6.13. The molecule has 18 heavy (non-hydrogen) atoms. The maximum absolute atomic E-state index is 6.13. The Hall–Kier alpha value is -1.36. The second kappa shape index (κ2) is 3.57. The molecule has 0 atom stereocenters. The van der Waals surface area contributed by atoms with Gasteiger partial charge in [-0.15, -0.1) is 11.3 Å². The number of nitrogens with zero attached hydrogens (tertiary/aromatic N) is 2. The number of aromatic nitrogens is 2. The van der Waals surface area contributed by atoms with Crippen molar-refractivity contribution in [2.45, 2.75) is 44.4 Å². The molecule has 0 bridgehead atoms. The summed E-state index contributed by atoms with van der Waals surface area (Å²) in [6.07, 6.45) is 4.95. The van der Waals surface area contributed by atoms with Gasteiger partial charge in [-0.2, -0.15) is 4.98 Å². The Bertz CT molecular complexity index is 608. The Kier molecular flexibility index (Phi) is 2.09. The van der Waals surface area contributed by atoms with E-state index in [1.54, 1.807) is 11.3 Å². The zero-order valence-electron chi connectivity index (χ0n) is 10.3. The molecule has 0 saturated heterocycles. The summed E-state index contributed by atoms with van der Waals surface area (Å²) in [6, 6.07) is 0. The lowest BCUT2D eigenvalue weighted by Gasteiger charge is -1.96. The van der Waals surface area contributed by atoms with Gasteiger partial charge in [0.15, 0.2) is 5.82 Å². The molecule has 0 radical (unpaired) electrons. The van der Waals surface area contributed by atoms with Gasteiger partial charge in [0, 0.05) is 10.8 Å². The maximum Gasteiger partial charge on any atom is 0.261 e. The molecule has 4 rings (SSSR count). The first kappa shape index (κ1) is 10.6. The Balaban J connectivity index is 1.77. The summed E-state index contributed by atoms with van der Waals surface area (Å²) in [5.74, 6) is 2.69. The van der Waals surface area contributed by atoms with Crippen molar-refractivity contribution in [3.05, 3.63) is 16.3 Å². The molecular weight excluding hydrogens is 246 g/mol. The van der Waals surface area contributed by atoms with Crippen LogP contribution in [0.15, 0.2) is 4.52 Å². The van der Waals surface area contributed by atoms with E-state index in [-0.39, 0.29) is 0 Å². The molecule has 0 aliphatic heterocycles. The molecule has 2 aromatic heterocycles. The standard InChI is InChI=1S/C13H15N3OS/c1-6-9(11(14)18-10(6)7-2-3-7)13-15-12(16-17-13)8-4-5-8/h7-8H,2-5,14H2,1H3. The van der Waals surface area contributed by atoms with Gasteiger partial charge < -0.3 is 10.3 Å². The Morgan fingerprint density at radius 3 is 2.61 bits per heavy atom. The number of rotatable bonds is 3. The molecule has 0 aromatic carbocycles. The van der Waals surface area contributed by atoms with Crippen LogP contribution in [0.1, 0.15) is 53.8 Å². The third-order valence-electron chi connectivity index (χ3n) is 3.76. The smallest absolute Gasteiger partial charge is 0.261 e. The highest BCUT2D eigenvalue weighted by Gasteiger charge is 2.32. The number of hydrogen-bond donors (Lipinski definition) is 1. The third-order valence-corrected chi connectivity index (χ3v) is 5.04. The van der Waals surface area contributed by atoms with Crippen LogP contribution in [0.3, 0.4) is 0 Å². The third kappa shape index (κ3) is 1.57. The summed E-state index contributed by atoms with van der Waals surface area (Å²) in [5.41, 5.74) is 8.35. The van der Waals surface area contributed by atoms with E-state index in [2.05, 4.69) is 17.1 Å². The minimum atomic E-state index is 0.519. The van der Waals surface area contributed by atoms with Crippen LogP contribution in [0.2, 0.25) is 0 Å². The van der Waals surface area contributed by atoms with Crippen molar-refractivity contribution in [1.29, 1.82) is 0 Å². The van der Waals surface area contributed by atoms with Gasteiger partial charge in [0.25, 0.3) is 5.89 Å². The SMILES string of the molecule is Cc1c(C2CC2)sc(N)c1-c1nc(C2CC2)no1. The molecule has 2 N–H and O–H groups in total. The minimum absolute atomic E-state index is 0.519. The fraction of sp³-hybridized carbons (Fsp3) is 0.538. The summed E-state index contributed by atoms with van der Waals surface area (Å²) in [6.45, 7) is 2.12. The fourth-order valence-corrected chi connectivity index (χ4v) is 3.64. The van der Waals surface area contributed by atoms with Gasteiger partial charge in [-0.3, -0.25) is 0 Å². The Morgan fingerprint density at radius 2 is 1.94 bits per heavy atom. The van der Waals surface area contributed by atoms with Gasteiger partial charge in [-0.25, -0.2) is 0 Å². The van der Waals surface area contributed by atoms with Crippen molar-refractivity contribution in [2.75, 3.05) is 5.73 Å². The van der Waals surface area contributed by atoms with Gasteiger partial charge in [0.05, 0.1) is 10.6 Å². The quantitative estimate of drug-likeness (QED) is 0.919. The van der Waals surface area contributed by atoms with Gasteiger partial charge in [-0.1, -0.05) is 5.16 Å². The molecule has 2 fully saturated rings. The molecular formula is C13H15N3OS. The zero-order valence-corrected chi connectivity index (χ0v) is 11.1. The lowest BCUT2D eigenvalue weighted by molar-refractivity contribution is 0.423. The predicted octanol–water partition coefficient (Wildman–Crippen LogP) is 3.44. The van der Waals surface area contributed by atoms with Crippen molar-refractivity contribution in [3.8, 4) is 11.5 Å². The topological polar surface area (TPSA) is 64.9 Å². The summed E-state index contributed by atoms with van der Waals surface area (Å²) in [4.78, 5) is 5.92. The van der Waals surface area contributed by atoms with E-state index >= 15 is 0 Å². The highest BCUT2D eigenvalue weighted by Crippen LogP contribution is 2.50. The molecule has 2 saturated carbocycles. The van der Waals surface area contributed by atoms with Gasteiger partial charge >= 0.3 is 0 Å². The van der Waals surface area contributed by atoms with E-state index in [1.807, 2.05) is 0 Å². The van der Waals surface area contributed by atoms with Crippen LogP contribution in [0.5, 0.6) is 0 Å². The van der Waals surface area contributed by atoms with Gasteiger partial charge in [-0.05, 0) is 44.1 Å². The van der Waals surface area contributed by atoms with E-state index in [0.717, 1.165) is 22.3 Å². The highest BCUT2D eigenvalue weighted by molar-refractivity contribution is 7.16. The van der Waals surface area contributed by atoms with Crippen molar-refractivity contribution in [1.82, 2.24) is 10.1 Å². The molecule has 2 aliphatic rings. The van der Waals surface area contributed by atoms with Crippen LogP contribution in [0.4, 0.5) is 5.00 Å². The molecule has 0 spiro atoms. The van der Waals surface area contributed by atoms with Crippen molar-refractivity contribution >= 4 is 16.3 Å². The van der Waals surface area contributed by atoms with E-state index in [4.69, 9.17) is 10.3 Å². The highest BCUT2D eigenvalue weighted by atomic mass is 32.1. The lowest BCUT2D eigenvalue weighted by Crippen LogP contribution is -1.87. The summed E-state index contributed by atoms with van der Waals surface area (Å²) >= 11 is 1.69. The zero-order chi connectivity index (χ0) is 12.3. The molecule has 2 aliphatic carbocycles. The summed E-state index contributed by atoms with van der Waals surface area (Å²) < 4.78 is 5.39. The first-order chi connectivity index (χ1) is 8.74. The Labute approximate surface area is 109 Å². The normalized spacial score (nSPS) is 19.4. The van der Waals surface area contributed by atoms with Crippen LogP contribution < -0.4 is 5.73 Å². The largest absolute Gasteiger partial charge is 0.390 e. The Morgan fingerprint density at radius 1 is 1.22 bits per heavy atom. The molecule has 2 aromatic rings. The van der Waals surface area contributed by atoms with Crippen LogP contribution in [0, 0.1) is 6.92 Å². The number of anilines is 1. The molecule has 5 heteroatoms. The number of hydrogen-bond acceptors (Lipinski definition) is 5. The average molecular weight is 261 g/mol. The first-order valence-corrected chi connectivity index (χ1v) is 7.28. The molecule has 0 unspecified atom stereocenters. The van der Waals surface area contributed by atoms with Gasteiger partial charge in [0.1, 0.15) is 0 Å². The van der Waals surface area contributed by atoms with E-state index in [1.165, 1.54) is 36.1 Å². The fourth-order valence-electron chi connectivity index (χ4n) is 2.40. The average Bonchev–Trinajstić information content (AvgIpc) is 3.26. The predicted molar refractivity (Wildman–Crippen MR) is 70.7 cm³/mol. The lowest BCUT2D eigenvalue weighted by atomic mass is 10.1. The summed E-state index contributed by atoms with van der Waals surface area (Å²) in [7, 11) is 0. The number of thiophene rings is 1. The molecule has 0 amide bonds. The summed E-state index contributed by atoms with van der Waals surface area (Å²) in [5, 5.41) is 4.89. The monoisotopic (exact) mass is 261 g/mol. The van der Waals surface area contributed by atoms with Crippen LogP contribution in [0.25, 0.3) is 11.5 Å². The minimum Gasteiger partial charge on any atom is -0.390 e. The van der Waals surface area contributed by atoms with E-state index < -0.39 is 0 Å².